The van der Waals surface area contributed by atoms with Crippen molar-refractivity contribution in [2.24, 2.45) is 0 Å². The Morgan fingerprint density at radius 2 is 1.65 bits per heavy atom. The zero-order valence-electron chi connectivity index (χ0n) is 20.4. The molecule has 1 saturated heterocycles. The Balaban J connectivity index is 1.75. The molecule has 11 nitrogen and oxygen atoms in total. The van der Waals surface area contributed by atoms with E-state index in [2.05, 4.69) is 20.3 Å². The summed E-state index contributed by atoms with van der Waals surface area (Å²) >= 11 is 0. The standard InChI is InChI=1S/C22H35N5O6S/c1-16(25-34(31,32)19-8-6-18(7-9-19)24-17(2)28)20(29)23-10-11-26-12-14-27(15-13-26)21(30)33-22(3,4)5/h6-9,16,25H,10-15H2,1-5H3,(H,23,29)(H,24,28)/t16-/m0/s1. The van der Waals surface area contributed by atoms with Crippen molar-refractivity contribution in [1.82, 2.24) is 19.8 Å². The van der Waals surface area contributed by atoms with Gasteiger partial charge in [-0.15, -0.1) is 0 Å². The number of piperazine rings is 1. The van der Waals surface area contributed by atoms with Crippen molar-refractivity contribution in [2.75, 3.05) is 44.6 Å². The minimum Gasteiger partial charge on any atom is -0.444 e. The number of anilines is 1. The lowest BCUT2D eigenvalue weighted by molar-refractivity contribution is -0.122. The molecule has 1 aromatic carbocycles. The SMILES string of the molecule is CC(=O)Nc1ccc(S(=O)(=O)N[C@@H](C)C(=O)NCCN2CCN(C(=O)OC(C)(C)C)CC2)cc1. The Morgan fingerprint density at radius 1 is 1.06 bits per heavy atom. The van der Waals surface area contributed by atoms with Crippen molar-refractivity contribution >= 4 is 33.6 Å². The van der Waals surface area contributed by atoms with Gasteiger partial charge in [0.1, 0.15) is 5.60 Å². The number of hydrogen-bond donors (Lipinski definition) is 3. The molecular formula is C22H35N5O6S. The number of amides is 3. The highest BCUT2D eigenvalue weighted by atomic mass is 32.2. The summed E-state index contributed by atoms with van der Waals surface area (Å²) < 4.78 is 32.8. The predicted octanol–water partition coefficient (Wildman–Crippen LogP) is 0.981. The van der Waals surface area contributed by atoms with E-state index in [-0.39, 0.29) is 16.9 Å². The number of benzene rings is 1. The summed E-state index contributed by atoms with van der Waals surface area (Å²) in [5.41, 5.74) is -0.0588. The van der Waals surface area contributed by atoms with Crippen LogP contribution in [-0.2, 0) is 24.3 Å². The molecule has 1 aromatic rings. The minimum absolute atomic E-state index is 0.0101. The van der Waals surface area contributed by atoms with Crippen molar-refractivity contribution in [2.45, 2.75) is 51.2 Å². The van der Waals surface area contributed by atoms with Crippen molar-refractivity contribution in [3.63, 3.8) is 0 Å². The molecule has 1 aliphatic rings. The van der Waals surface area contributed by atoms with Crippen LogP contribution in [0.2, 0.25) is 0 Å². The average molecular weight is 498 g/mol. The monoisotopic (exact) mass is 497 g/mol. The average Bonchev–Trinajstić information content (AvgIpc) is 2.72. The van der Waals surface area contributed by atoms with Gasteiger partial charge in [-0.3, -0.25) is 14.5 Å². The van der Waals surface area contributed by atoms with Crippen molar-refractivity contribution in [1.29, 1.82) is 0 Å². The van der Waals surface area contributed by atoms with Crippen LogP contribution in [0.25, 0.3) is 0 Å². The number of nitrogens with zero attached hydrogens (tertiary/aromatic N) is 2. The molecule has 1 atom stereocenters. The Kier molecular flexibility index (Phi) is 9.42. The van der Waals surface area contributed by atoms with Gasteiger partial charge in [0, 0.05) is 51.9 Å². The number of nitrogens with one attached hydrogen (secondary N) is 3. The van der Waals surface area contributed by atoms with Gasteiger partial charge in [-0.25, -0.2) is 13.2 Å². The van der Waals surface area contributed by atoms with E-state index in [4.69, 9.17) is 4.74 Å². The second-order valence-electron chi connectivity index (χ2n) is 9.15. The Hall–Kier alpha value is -2.70. The Bertz CT molecular complexity index is 966. The van der Waals surface area contributed by atoms with Crippen LogP contribution in [0.15, 0.2) is 29.2 Å². The van der Waals surface area contributed by atoms with E-state index in [0.717, 1.165) is 0 Å². The predicted molar refractivity (Wildman–Crippen MR) is 128 cm³/mol. The highest BCUT2D eigenvalue weighted by molar-refractivity contribution is 7.89. The molecule has 34 heavy (non-hydrogen) atoms. The molecule has 12 heteroatoms. The molecule has 0 bridgehead atoms. The third-order valence-electron chi connectivity index (χ3n) is 4.96. The zero-order valence-corrected chi connectivity index (χ0v) is 21.2. The quantitative estimate of drug-likeness (QED) is 0.487. The van der Waals surface area contributed by atoms with E-state index in [1.807, 2.05) is 20.8 Å². The Labute approximate surface area is 201 Å². The molecule has 0 radical (unpaired) electrons. The van der Waals surface area contributed by atoms with Crippen LogP contribution in [0.4, 0.5) is 10.5 Å². The van der Waals surface area contributed by atoms with Crippen LogP contribution in [0, 0.1) is 0 Å². The number of ether oxygens (including phenoxy) is 1. The van der Waals surface area contributed by atoms with Crippen LogP contribution >= 0.6 is 0 Å². The summed E-state index contributed by atoms with van der Waals surface area (Å²) in [7, 11) is -3.91. The zero-order chi connectivity index (χ0) is 25.5. The molecule has 0 unspecified atom stereocenters. The summed E-state index contributed by atoms with van der Waals surface area (Å²) in [6, 6.07) is 4.70. The molecule has 1 heterocycles. The lowest BCUT2D eigenvalue weighted by Gasteiger charge is -2.35. The fourth-order valence-corrected chi connectivity index (χ4v) is 4.45. The maximum absolute atomic E-state index is 12.5. The van der Waals surface area contributed by atoms with Gasteiger partial charge in [-0.05, 0) is 52.0 Å². The van der Waals surface area contributed by atoms with Crippen LogP contribution in [0.5, 0.6) is 0 Å². The maximum Gasteiger partial charge on any atom is 0.410 e. The first-order valence-corrected chi connectivity index (χ1v) is 12.6. The molecule has 0 saturated carbocycles. The molecule has 1 fully saturated rings. The van der Waals surface area contributed by atoms with Gasteiger partial charge in [-0.1, -0.05) is 0 Å². The molecule has 0 spiro atoms. The third-order valence-corrected chi connectivity index (χ3v) is 6.52. The van der Waals surface area contributed by atoms with E-state index >= 15 is 0 Å². The molecule has 1 aliphatic heterocycles. The second-order valence-corrected chi connectivity index (χ2v) is 10.9. The maximum atomic E-state index is 12.5. The number of rotatable bonds is 8. The third kappa shape index (κ3) is 8.92. The van der Waals surface area contributed by atoms with E-state index < -0.39 is 27.6 Å². The molecule has 2 rings (SSSR count). The lowest BCUT2D eigenvalue weighted by atomic mass is 10.2. The first-order chi connectivity index (χ1) is 15.8. The minimum atomic E-state index is -3.91. The normalized spacial score (nSPS) is 16.0. The van der Waals surface area contributed by atoms with Crippen LogP contribution in [-0.4, -0.2) is 87.0 Å². The fourth-order valence-electron chi connectivity index (χ4n) is 3.25. The van der Waals surface area contributed by atoms with Crippen LogP contribution in [0.3, 0.4) is 0 Å². The van der Waals surface area contributed by atoms with E-state index in [0.29, 0.717) is 45.0 Å². The largest absolute Gasteiger partial charge is 0.444 e. The smallest absolute Gasteiger partial charge is 0.410 e. The van der Waals surface area contributed by atoms with Crippen molar-refractivity contribution in [3.05, 3.63) is 24.3 Å². The fraction of sp³-hybridized carbons (Fsp3) is 0.591. The van der Waals surface area contributed by atoms with Gasteiger partial charge in [0.2, 0.25) is 21.8 Å². The summed E-state index contributed by atoms with van der Waals surface area (Å²) in [6.45, 7) is 11.6. The number of sulfonamides is 1. The van der Waals surface area contributed by atoms with Gasteiger partial charge in [0.15, 0.2) is 0 Å². The first-order valence-electron chi connectivity index (χ1n) is 11.1. The van der Waals surface area contributed by atoms with E-state index in [1.54, 1.807) is 4.90 Å². The second kappa shape index (κ2) is 11.6. The number of carbonyl (C=O) groups excluding carboxylic acids is 3. The van der Waals surface area contributed by atoms with Crippen LogP contribution < -0.4 is 15.4 Å². The highest BCUT2D eigenvalue weighted by Gasteiger charge is 2.26. The molecular weight excluding hydrogens is 462 g/mol. The summed E-state index contributed by atoms with van der Waals surface area (Å²) in [5.74, 6) is -0.699. The molecule has 3 amide bonds. The molecule has 0 aromatic heterocycles. The van der Waals surface area contributed by atoms with Gasteiger partial charge >= 0.3 is 6.09 Å². The molecule has 3 N–H and O–H groups in total. The van der Waals surface area contributed by atoms with Gasteiger partial charge in [-0.2, -0.15) is 4.72 Å². The van der Waals surface area contributed by atoms with E-state index in [1.165, 1.54) is 38.1 Å². The molecule has 190 valence electrons. The highest BCUT2D eigenvalue weighted by Crippen LogP contribution is 2.15. The van der Waals surface area contributed by atoms with Crippen molar-refractivity contribution in [3.8, 4) is 0 Å². The van der Waals surface area contributed by atoms with Gasteiger partial charge in [0.25, 0.3) is 0 Å². The van der Waals surface area contributed by atoms with Crippen molar-refractivity contribution < 1.29 is 27.5 Å². The number of hydrogen-bond acceptors (Lipinski definition) is 7. The van der Waals surface area contributed by atoms with Gasteiger partial charge in [0.05, 0.1) is 10.9 Å². The Morgan fingerprint density at radius 3 is 2.18 bits per heavy atom. The molecule has 0 aliphatic carbocycles. The summed E-state index contributed by atoms with van der Waals surface area (Å²) in [5, 5.41) is 5.30. The van der Waals surface area contributed by atoms with Gasteiger partial charge < -0.3 is 20.3 Å². The number of carbonyl (C=O) groups is 3. The summed E-state index contributed by atoms with van der Waals surface area (Å²) in [6.07, 6.45) is -0.327. The van der Waals surface area contributed by atoms with Crippen LogP contribution in [0.1, 0.15) is 34.6 Å². The van der Waals surface area contributed by atoms with E-state index in [9.17, 15) is 22.8 Å². The lowest BCUT2D eigenvalue weighted by Crippen LogP contribution is -2.52. The topological polar surface area (TPSA) is 137 Å². The summed E-state index contributed by atoms with van der Waals surface area (Å²) in [4.78, 5) is 39.4. The first kappa shape index (κ1) is 27.5.